The van der Waals surface area contributed by atoms with Crippen molar-refractivity contribution >= 4 is 15.9 Å². The third-order valence-corrected chi connectivity index (χ3v) is 2.68. The van der Waals surface area contributed by atoms with Gasteiger partial charge in [0.05, 0.1) is 12.2 Å². The second kappa shape index (κ2) is 5.03. The van der Waals surface area contributed by atoms with Crippen LogP contribution < -0.4 is 5.90 Å². The number of phenolic OH excluding ortho intramolecular Hbond substituents is 1. The van der Waals surface area contributed by atoms with Crippen LogP contribution in [-0.4, -0.2) is 11.7 Å². The number of aromatic hydroxyl groups is 1. The average molecular weight is 300 g/mol. The van der Waals surface area contributed by atoms with Crippen LogP contribution in [0.1, 0.15) is 11.1 Å². The number of alkyl halides is 3. The highest BCUT2D eigenvalue weighted by Crippen LogP contribution is 2.36. The van der Waals surface area contributed by atoms with E-state index in [1.54, 1.807) is 0 Å². The van der Waals surface area contributed by atoms with Crippen molar-refractivity contribution in [3.63, 3.8) is 0 Å². The normalized spacial score (nSPS) is 11.8. The van der Waals surface area contributed by atoms with E-state index in [4.69, 9.17) is 5.90 Å². The minimum atomic E-state index is -4.48. The van der Waals surface area contributed by atoms with Gasteiger partial charge in [0.2, 0.25) is 0 Å². The van der Waals surface area contributed by atoms with E-state index in [2.05, 4.69) is 20.8 Å². The van der Waals surface area contributed by atoms with Gasteiger partial charge in [0, 0.05) is 16.5 Å². The summed E-state index contributed by atoms with van der Waals surface area (Å²) in [5.41, 5.74) is -0.576. The molecule has 0 amide bonds. The molecule has 0 unspecified atom stereocenters. The maximum Gasteiger partial charge on any atom is 0.416 e. The van der Waals surface area contributed by atoms with Crippen LogP contribution in [0.3, 0.4) is 0 Å². The van der Waals surface area contributed by atoms with Crippen molar-refractivity contribution in [2.75, 3.05) is 6.61 Å². The first-order valence-electron chi connectivity index (χ1n) is 4.26. The van der Waals surface area contributed by atoms with Crippen molar-refractivity contribution in [2.24, 2.45) is 5.90 Å². The Morgan fingerprint density at radius 2 is 2.00 bits per heavy atom. The number of hydrogen-bond acceptors (Lipinski definition) is 3. The van der Waals surface area contributed by atoms with Crippen LogP contribution in [0.15, 0.2) is 16.6 Å². The number of rotatable bonds is 3. The van der Waals surface area contributed by atoms with Gasteiger partial charge >= 0.3 is 6.18 Å². The summed E-state index contributed by atoms with van der Waals surface area (Å²) >= 11 is 2.96. The lowest BCUT2D eigenvalue weighted by atomic mass is 10.1. The molecule has 0 aliphatic rings. The van der Waals surface area contributed by atoms with Gasteiger partial charge in [-0.2, -0.15) is 13.2 Å². The second-order valence-electron chi connectivity index (χ2n) is 3.07. The zero-order valence-electron chi connectivity index (χ0n) is 8.01. The smallest absolute Gasteiger partial charge is 0.416 e. The molecule has 90 valence electrons. The van der Waals surface area contributed by atoms with E-state index < -0.39 is 17.5 Å². The lowest BCUT2D eigenvalue weighted by Crippen LogP contribution is -2.07. The van der Waals surface area contributed by atoms with Crippen molar-refractivity contribution < 1.29 is 23.1 Å². The molecule has 0 heterocycles. The predicted octanol–water partition coefficient (Wildman–Crippen LogP) is 2.61. The lowest BCUT2D eigenvalue weighted by molar-refractivity contribution is -0.137. The molecule has 16 heavy (non-hydrogen) atoms. The number of phenols is 1. The Labute approximate surface area is 98.1 Å². The van der Waals surface area contributed by atoms with E-state index in [1.165, 1.54) is 0 Å². The van der Waals surface area contributed by atoms with Crippen LogP contribution in [0.5, 0.6) is 5.75 Å². The highest BCUT2D eigenvalue weighted by Gasteiger charge is 2.32. The summed E-state index contributed by atoms with van der Waals surface area (Å²) < 4.78 is 37.2. The van der Waals surface area contributed by atoms with Crippen molar-refractivity contribution in [3.8, 4) is 5.75 Å². The summed E-state index contributed by atoms with van der Waals surface area (Å²) in [6, 6.07) is 1.59. The summed E-state index contributed by atoms with van der Waals surface area (Å²) in [6.07, 6.45) is -4.26. The molecule has 0 spiro atoms. The maximum absolute atomic E-state index is 12.4. The van der Waals surface area contributed by atoms with Crippen LogP contribution in [0.25, 0.3) is 0 Å². The fourth-order valence-electron chi connectivity index (χ4n) is 1.19. The Bertz CT molecular complexity index is 359. The van der Waals surface area contributed by atoms with Gasteiger partial charge in [0.1, 0.15) is 5.75 Å². The third-order valence-electron chi connectivity index (χ3n) is 1.97. The quantitative estimate of drug-likeness (QED) is 0.844. The largest absolute Gasteiger partial charge is 0.508 e. The van der Waals surface area contributed by atoms with E-state index in [9.17, 15) is 18.3 Å². The lowest BCUT2D eigenvalue weighted by Gasteiger charge is -2.12. The monoisotopic (exact) mass is 299 g/mol. The predicted molar refractivity (Wildman–Crippen MR) is 54.7 cm³/mol. The Kier molecular flexibility index (Phi) is 4.17. The molecule has 3 nitrogen and oxygen atoms in total. The molecule has 3 N–H and O–H groups in total. The van der Waals surface area contributed by atoms with Gasteiger partial charge in [0.15, 0.2) is 0 Å². The second-order valence-corrected chi connectivity index (χ2v) is 3.93. The Hall–Kier alpha value is -0.790. The van der Waals surface area contributed by atoms with E-state index in [1.807, 2.05) is 0 Å². The van der Waals surface area contributed by atoms with Gasteiger partial charge in [-0.05, 0) is 12.1 Å². The molecule has 7 heteroatoms. The zero-order chi connectivity index (χ0) is 12.3. The van der Waals surface area contributed by atoms with E-state index in [0.29, 0.717) is 11.6 Å². The highest BCUT2D eigenvalue weighted by atomic mass is 79.9. The standard InChI is InChI=1S/C9H9BrF3NO2/c10-7-3-5(9(11,12)13)4-8(15)6(7)1-2-16-14/h3-4,15H,1-2,14H2. The fraction of sp³-hybridized carbons (Fsp3) is 0.333. The maximum atomic E-state index is 12.4. The first-order valence-corrected chi connectivity index (χ1v) is 5.06. The first kappa shape index (κ1) is 13.3. The summed E-state index contributed by atoms with van der Waals surface area (Å²) in [4.78, 5) is 4.30. The van der Waals surface area contributed by atoms with Crippen molar-refractivity contribution in [1.29, 1.82) is 0 Å². The number of nitrogens with two attached hydrogens (primary N) is 1. The van der Waals surface area contributed by atoms with Gasteiger partial charge in [-0.15, -0.1) is 0 Å². The van der Waals surface area contributed by atoms with E-state index in [-0.39, 0.29) is 17.5 Å². The van der Waals surface area contributed by atoms with Gasteiger partial charge in [0.25, 0.3) is 0 Å². The first-order chi connectivity index (χ1) is 7.36. The average Bonchev–Trinajstić information content (AvgIpc) is 2.15. The molecule has 0 aromatic heterocycles. The molecule has 0 bridgehead atoms. The van der Waals surface area contributed by atoms with Gasteiger partial charge < -0.3 is 9.94 Å². The molecule has 0 saturated heterocycles. The molecule has 0 atom stereocenters. The Morgan fingerprint density at radius 1 is 1.38 bits per heavy atom. The summed E-state index contributed by atoms with van der Waals surface area (Å²) in [7, 11) is 0. The van der Waals surface area contributed by atoms with Crippen molar-refractivity contribution in [2.45, 2.75) is 12.6 Å². The minimum Gasteiger partial charge on any atom is -0.508 e. The van der Waals surface area contributed by atoms with Crippen LogP contribution in [0, 0.1) is 0 Å². The van der Waals surface area contributed by atoms with Crippen molar-refractivity contribution in [1.82, 2.24) is 0 Å². The Morgan fingerprint density at radius 3 is 2.44 bits per heavy atom. The number of halogens is 4. The fourth-order valence-corrected chi connectivity index (χ4v) is 1.84. The topological polar surface area (TPSA) is 55.5 Å². The molecule has 0 aliphatic heterocycles. The minimum absolute atomic E-state index is 0.109. The molecule has 0 saturated carbocycles. The summed E-state index contributed by atoms with van der Waals surface area (Å²) in [6.45, 7) is 0.109. The number of benzene rings is 1. The number of hydrogen-bond donors (Lipinski definition) is 2. The van der Waals surface area contributed by atoms with Crippen molar-refractivity contribution in [3.05, 3.63) is 27.7 Å². The molecular weight excluding hydrogens is 291 g/mol. The van der Waals surface area contributed by atoms with Gasteiger partial charge in [-0.25, -0.2) is 5.90 Å². The summed E-state index contributed by atoms with van der Waals surface area (Å²) in [5.74, 6) is 4.37. The molecule has 1 aromatic rings. The third kappa shape index (κ3) is 3.10. The van der Waals surface area contributed by atoms with E-state index >= 15 is 0 Å². The van der Waals surface area contributed by atoms with Gasteiger partial charge in [-0.3, -0.25) is 0 Å². The van der Waals surface area contributed by atoms with Crippen LogP contribution in [0.2, 0.25) is 0 Å². The molecule has 1 aromatic carbocycles. The molecular formula is C9H9BrF3NO2. The SMILES string of the molecule is NOCCc1c(O)cc(C(F)(F)F)cc1Br. The van der Waals surface area contributed by atoms with Crippen LogP contribution >= 0.6 is 15.9 Å². The summed E-state index contributed by atoms with van der Waals surface area (Å²) in [5, 5.41) is 9.44. The zero-order valence-corrected chi connectivity index (χ0v) is 9.60. The molecule has 0 aliphatic carbocycles. The molecule has 0 fully saturated rings. The van der Waals surface area contributed by atoms with Crippen LogP contribution in [0.4, 0.5) is 13.2 Å². The van der Waals surface area contributed by atoms with E-state index in [0.717, 1.165) is 6.07 Å². The van der Waals surface area contributed by atoms with Crippen LogP contribution in [-0.2, 0) is 17.4 Å². The van der Waals surface area contributed by atoms with Gasteiger partial charge in [-0.1, -0.05) is 15.9 Å². The Balaban J connectivity index is 3.08. The molecule has 1 rings (SSSR count). The highest BCUT2D eigenvalue weighted by molar-refractivity contribution is 9.10. The molecule has 0 radical (unpaired) electrons.